The minimum atomic E-state index is -3.23. The van der Waals surface area contributed by atoms with Gasteiger partial charge in [-0.25, -0.2) is 8.42 Å². The second kappa shape index (κ2) is 10.6. The number of nitrogens with zero attached hydrogens (tertiary/aromatic N) is 1. The number of nitriles is 1. The number of hydrogen-bond donors (Lipinski definition) is 2. The summed E-state index contributed by atoms with van der Waals surface area (Å²) in [6.07, 6.45) is 6.79. The predicted molar refractivity (Wildman–Crippen MR) is 141 cm³/mol. The molecule has 9 heteroatoms. The monoisotopic (exact) mass is 537 g/mol. The van der Waals surface area contributed by atoms with Crippen LogP contribution in [0.5, 0.6) is 0 Å². The first kappa shape index (κ1) is 27.7. The van der Waals surface area contributed by atoms with Crippen molar-refractivity contribution < 1.29 is 13.2 Å². The van der Waals surface area contributed by atoms with Crippen molar-refractivity contribution in [1.29, 1.82) is 5.26 Å². The third-order valence-electron chi connectivity index (χ3n) is 6.65. The zero-order chi connectivity index (χ0) is 26.0. The zero-order valence-electron chi connectivity index (χ0n) is 20.6. The number of carbonyl (C=O) groups excluding carboxylic acids is 1. The van der Waals surface area contributed by atoms with Crippen molar-refractivity contribution in [1.82, 2.24) is 10.6 Å². The van der Waals surface area contributed by atoms with Gasteiger partial charge in [-0.05, 0) is 54.0 Å². The molecule has 1 heterocycles. The smallest absolute Gasteiger partial charge is 0.237 e. The van der Waals surface area contributed by atoms with E-state index in [-0.39, 0.29) is 29.7 Å². The summed E-state index contributed by atoms with van der Waals surface area (Å²) < 4.78 is 23.2. The lowest BCUT2D eigenvalue weighted by Crippen LogP contribution is -2.46. The quantitative estimate of drug-likeness (QED) is 0.524. The Hall–Kier alpha value is -1.85. The Morgan fingerprint density at radius 2 is 1.97 bits per heavy atom. The normalized spacial score (nSPS) is 27.1. The number of carbonyl (C=O) groups is 1. The van der Waals surface area contributed by atoms with Gasteiger partial charge in [0.05, 0.1) is 17.9 Å². The molecule has 1 aliphatic heterocycles. The fraction of sp³-hybridized carbons (Fsp3) is 0.538. The Balaban J connectivity index is 2.15. The maximum absolute atomic E-state index is 13.5. The molecule has 1 aliphatic carbocycles. The molecule has 1 unspecified atom stereocenters. The molecule has 1 fully saturated rings. The highest BCUT2D eigenvalue weighted by molar-refractivity contribution is 7.90. The average Bonchev–Trinajstić information content (AvgIpc) is 3.06. The van der Waals surface area contributed by atoms with E-state index in [2.05, 4.69) is 37.5 Å². The summed E-state index contributed by atoms with van der Waals surface area (Å²) in [4.78, 5) is 13.5. The van der Waals surface area contributed by atoms with Gasteiger partial charge in [0.2, 0.25) is 5.91 Å². The van der Waals surface area contributed by atoms with Gasteiger partial charge in [0.15, 0.2) is 0 Å². The van der Waals surface area contributed by atoms with Crippen molar-refractivity contribution in [2.24, 2.45) is 10.8 Å². The lowest BCUT2D eigenvalue weighted by atomic mass is 9.61. The van der Waals surface area contributed by atoms with Crippen molar-refractivity contribution in [3.05, 3.63) is 57.6 Å². The molecular weight excluding hydrogens is 505 g/mol. The number of nitrogens with one attached hydrogen (secondary N) is 2. The fourth-order valence-corrected chi connectivity index (χ4v) is 6.04. The van der Waals surface area contributed by atoms with E-state index in [0.717, 1.165) is 22.4 Å². The fourth-order valence-electron chi connectivity index (χ4n) is 5.21. The second-order valence-corrected chi connectivity index (χ2v) is 13.9. The van der Waals surface area contributed by atoms with Gasteiger partial charge in [-0.3, -0.25) is 4.79 Å². The number of sulfone groups is 1. The molecule has 0 saturated carbocycles. The van der Waals surface area contributed by atoms with Crippen LogP contribution >= 0.6 is 23.2 Å². The summed E-state index contributed by atoms with van der Waals surface area (Å²) in [6.45, 7) is 6.33. The Labute approximate surface area is 218 Å². The summed E-state index contributed by atoms with van der Waals surface area (Å²) in [5.74, 6) is -1.02. The highest BCUT2D eigenvalue weighted by Gasteiger charge is 2.60. The first-order valence-electron chi connectivity index (χ1n) is 11.7. The summed E-state index contributed by atoms with van der Waals surface area (Å²) in [7, 11) is -3.23. The Morgan fingerprint density at radius 3 is 2.51 bits per heavy atom. The van der Waals surface area contributed by atoms with Gasteiger partial charge < -0.3 is 10.6 Å². The predicted octanol–water partition coefficient (Wildman–Crippen LogP) is 4.71. The minimum Gasteiger partial charge on any atom is -0.354 e. The molecule has 4 atom stereocenters. The Kier molecular flexibility index (Phi) is 8.43. The molecule has 1 saturated heterocycles. The first-order chi connectivity index (χ1) is 16.3. The number of allylic oxidation sites excluding steroid dienone is 3. The van der Waals surface area contributed by atoms with Crippen LogP contribution in [-0.2, 0) is 14.6 Å². The van der Waals surface area contributed by atoms with Crippen LogP contribution < -0.4 is 10.6 Å². The van der Waals surface area contributed by atoms with Crippen LogP contribution in [0, 0.1) is 22.2 Å². The lowest BCUT2D eigenvalue weighted by molar-refractivity contribution is -0.123. The molecule has 0 aromatic heterocycles. The highest BCUT2D eigenvalue weighted by Crippen LogP contribution is 2.55. The molecule has 35 heavy (non-hydrogen) atoms. The van der Waals surface area contributed by atoms with E-state index in [1.165, 1.54) is 0 Å². The molecular formula is C26H33Cl2N3O3S. The maximum atomic E-state index is 13.5. The SMILES string of the molecule is CC(C)(C)CC1N[C@@H](C(=O)NCCS(C)(=O)=O)[C@H](c2cccc(Cl)c2)[C@@]1(C#N)C1=CC=C(Cl)CC1. The van der Waals surface area contributed by atoms with Crippen molar-refractivity contribution in [2.75, 3.05) is 18.6 Å². The highest BCUT2D eigenvalue weighted by atomic mass is 35.5. The van der Waals surface area contributed by atoms with E-state index in [4.69, 9.17) is 23.2 Å². The van der Waals surface area contributed by atoms with E-state index in [0.29, 0.717) is 24.3 Å². The first-order valence-corrected chi connectivity index (χ1v) is 14.5. The molecule has 1 aromatic rings. The summed E-state index contributed by atoms with van der Waals surface area (Å²) in [6, 6.07) is 8.86. The van der Waals surface area contributed by atoms with Crippen molar-refractivity contribution in [3.8, 4) is 6.07 Å². The van der Waals surface area contributed by atoms with Gasteiger partial charge in [-0.15, -0.1) is 0 Å². The number of hydrogen-bond acceptors (Lipinski definition) is 5. The number of benzene rings is 1. The van der Waals surface area contributed by atoms with Crippen LogP contribution in [0.1, 0.15) is 51.5 Å². The third-order valence-corrected chi connectivity index (χ3v) is 8.14. The molecule has 0 bridgehead atoms. The third kappa shape index (κ3) is 6.48. The molecule has 6 nitrogen and oxygen atoms in total. The van der Waals surface area contributed by atoms with Crippen molar-refractivity contribution in [3.63, 3.8) is 0 Å². The van der Waals surface area contributed by atoms with Gasteiger partial charge in [-0.1, -0.05) is 62.2 Å². The average molecular weight is 539 g/mol. The molecule has 0 radical (unpaired) electrons. The number of amides is 1. The van der Waals surface area contributed by atoms with Gasteiger partial charge in [0, 0.05) is 34.8 Å². The second-order valence-electron chi connectivity index (χ2n) is 10.7. The van der Waals surface area contributed by atoms with E-state index in [1.807, 2.05) is 30.4 Å². The molecule has 190 valence electrons. The van der Waals surface area contributed by atoms with Crippen LogP contribution in [0.4, 0.5) is 0 Å². The minimum absolute atomic E-state index is 0.00262. The van der Waals surface area contributed by atoms with Crippen LogP contribution in [0.2, 0.25) is 5.02 Å². The van der Waals surface area contributed by atoms with Crippen LogP contribution in [0.25, 0.3) is 0 Å². The Bertz CT molecular complexity index is 1180. The van der Waals surface area contributed by atoms with E-state index in [1.54, 1.807) is 6.07 Å². The molecule has 3 rings (SSSR count). The maximum Gasteiger partial charge on any atom is 0.237 e. The van der Waals surface area contributed by atoms with Crippen LogP contribution in [-0.4, -0.2) is 45.0 Å². The molecule has 1 aromatic carbocycles. The van der Waals surface area contributed by atoms with E-state index < -0.39 is 27.2 Å². The molecule has 2 N–H and O–H groups in total. The summed E-state index contributed by atoms with van der Waals surface area (Å²) in [5.41, 5.74) is 0.573. The van der Waals surface area contributed by atoms with Gasteiger partial charge in [0.1, 0.15) is 15.3 Å². The van der Waals surface area contributed by atoms with Gasteiger partial charge in [-0.2, -0.15) is 5.26 Å². The van der Waals surface area contributed by atoms with Crippen molar-refractivity contribution >= 4 is 38.9 Å². The van der Waals surface area contributed by atoms with Crippen molar-refractivity contribution in [2.45, 2.75) is 58.0 Å². The zero-order valence-corrected chi connectivity index (χ0v) is 22.9. The summed E-state index contributed by atoms with van der Waals surface area (Å²) >= 11 is 12.6. The van der Waals surface area contributed by atoms with Crippen LogP contribution in [0.3, 0.4) is 0 Å². The Morgan fingerprint density at radius 1 is 1.26 bits per heavy atom. The van der Waals surface area contributed by atoms with Gasteiger partial charge >= 0.3 is 0 Å². The van der Waals surface area contributed by atoms with Crippen LogP contribution in [0.15, 0.2) is 47.0 Å². The molecule has 2 aliphatic rings. The number of halogens is 2. The lowest BCUT2D eigenvalue weighted by Gasteiger charge is -2.39. The summed E-state index contributed by atoms with van der Waals surface area (Å²) in [5, 5.41) is 18.4. The molecule has 0 spiro atoms. The van der Waals surface area contributed by atoms with E-state index in [9.17, 15) is 18.5 Å². The molecule has 1 amide bonds. The van der Waals surface area contributed by atoms with E-state index >= 15 is 0 Å². The van der Waals surface area contributed by atoms with Gasteiger partial charge in [0.25, 0.3) is 0 Å². The number of rotatable bonds is 7. The largest absolute Gasteiger partial charge is 0.354 e. The standard InChI is InChI=1S/C26H33Cl2N3O3S/c1-25(2,3)15-21-26(16-29,18-8-10-19(27)11-9-18)22(17-6-5-7-20(28)14-17)23(31-21)24(32)30-12-13-35(4,33)34/h5-8,10,14,21-23,31H,9,11-13,15H2,1-4H3,(H,30,32)/t21?,22-,23+,26-/m0/s1. The topological polar surface area (TPSA) is 99.1 Å².